The Morgan fingerprint density at radius 2 is 1.71 bits per heavy atom. The summed E-state index contributed by atoms with van der Waals surface area (Å²) in [7, 11) is 0. The molecule has 2 heteroatoms. The molecule has 2 nitrogen and oxygen atoms in total. The average Bonchev–Trinajstić information content (AvgIpc) is 2.30. The summed E-state index contributed by atoms with van der Waals surface area (Å²) in [4.78, 5) is 14.4. The number of carbonyl (C=O) groups is 1. The number of hydrogen-bond donors (Lipinski definition) is 0. The third-order valence-corrected chi connectivity index (χ3v) is 2.01. The maximum atomic E-state index is 10.4. The van der Waals surface area contributed by atoms with Gasteiger partial charge in [0.25, 0.3) is 0 Å². The van der Waals surface area contributed by atoms with Crippen molar-refractivity contribution in [1.29, 1.82) is 0 Å². The van der Waals surface area contributed by atoms with Crippen LogP contribution in [0.5, 0.6) is 0 Å². The van der Waals surface area contributed by atoms with Gasteiger partial charge < -0.3 is 0 Å². The third kappa shape index (κ3) is 1.69. The highest BCUT2D eigenvalue weighted by molar-refractivity contribution is 5.73. The van der Waals surface area contributed by atoms with Gasteiger partial charge in [0.1, 0.15) is 5.69 Å². The molecule has 0 aliphatic rings. The molecule has 0 spiro atoms. The van der Waals surface area contributed by atoms with E-state index in [-0.39, 0.29) is 0 Å². The van der Waals surface area contributed by atoms with Gasteiger partial charge >= 0.3 is 0 Å². The minimum absolute atomic E-state index is 0.463. The maximum absolute atomic E-state index is 10.4. The molecular weight excluding hydrogens is 174 g/mol. The highest BCUT2D eigenvalue weighted by atomic mass is 16.1. The Bertz CT molecular complexity index is 420. The van der Waals surface area contributed by atoms with Crippen molar-refractivity contribution in [3.63, 3.8) is 0 Å². The molecule has 2 aromatic rings. The van der Waals surface area contributed by atoms with E-state index in [0.717, 1.165) is 17.4 Å². The molecule has 1 aromatic carbocycles. The molecule has 0 atom stereocenters. The molecule has 0 fully saturated rings. The number of benzene rings is 1. The first kappa shape index (κ1) is 8.63. The summed E-state index contributed by atoms with van der Waals surface area (Å²) < 4.78 is 0. The zero-order valence-corrected chi connectivity index (χ0v) is 7.55. The van der Waals surface area contributed by atoms with Crippen molar-refractivity contribution in [2.24, 2.45) is 0 Å². The van der Waals surface area contributed by atoms with Crippen LogP contribution >= 0.6 is 0 Å². The van der Waals surface area contributed by atoms with Crippen molar-refractivity contribution in [1.82, 2.24) is 4.98 Å². The average molecular weight is 183 g/mol. The standard InChI is InChI=1S/C12H9NO/c14-9-12-7-6-11(8-13-12)10-4-2-1-3-5-10/h1-9H. The van der Waals surface area contributed by atoms with Crippen molar-refractivity contribution < 1.29 is 4.79 Å². The van der Waals surface area contributed by atoms with Gasteiger partial charge in [-0.25, -0.2) is 0 Å². The van der Waals surface area contributed by atoms with Crippen LogP contribution in [0.1, 0.15) is 10.5 Å². The number of nitrogens with zero attached hydrogens (tertiary/aromatic N) is 1. The van der Waals surface area contributed by atoms with Crippen molar-refractivity contribution in [3.05, 3.63) is 54.4 Å². The molecule has 0 bridgehead atoms. The Morgan fingerprint density at radius 1 is 0.929 bits per heavy atom. The predicted octanol–water partition coefficient (Wildman–Crippen LogP) is 2.56. The van der Waals surface area contributed by atoms with Crippen LogP contribution in [0.3, 0.4) is 0 Å². The Balaban J connectivity index is 2.39. The summed E-state index contributed by atoms with van der Waals surface area (Å²) in [5, 5.41) is 0. The Morgan fingerprint density at radius 3 is 2.29 bits per heavy atom. The van der Waals surface area contributed by atoms with Crippen molar-refractivity contribution >= 4 is 6.29 Å². The van der Waals surface area contributed by atoms with Gasteiger partial charge in [0.05, 0.1) is 0 Å². The van der Waals surface area contributed by atoms with E-state index in [1.54, 1.807) is 12.3 Å². The molecule has 0 N–H and O–H groups in total. The molecule has 1 aromatic heterocycles. The SMILES string of the molecule is O=Cc1ccc(-c2ccccc2)cn1. The summed E-state index contributed by atoms with van der Waals surface area (Å²) in [6.45, 7) is 0. The van der Waals surface area contributed by atoms with Crippen molar-refractivity contribution in [2.75, 3.05) is 0 Å². The van der Waals surface area contributed by atoms with Gasteiger partial charge in [-0.15, -0.1) is 0 Å². The summed E-state index contributed by atoms with van der Waals surface area (Å²) in [6, 6.07) is 13.6. The van der Waals surface area contributed by atoms with Gasteiger partial charge in [0.15, 0.2) is 6.29 Å². The fourth-order valence-electron chi connectivity index (χ4n) is 1.28. The van der Waals surface area contributed by atoms with Crippen molar-refractivity contribution in [2.45, 2.75) is 0 Å². The van der Waals surface area contributed by atoms with Crippen LogP contribution in [-0.4, -0.2) is 11.3 Å². The number of aldehydes is 1. The second-order valence-corrected chi connectivity index (χ2v) is 2.96. The molecule has 1 heterocycles. The van der Waals surface area contributed by atoms with E-state index in [4.69, 9.17) is 0 Å². The lowest BCUT2D eigenvalue weighted by Crippen LogP contribution is -1.86. The lowest BCUT2D eigenvalue weighted by atomic mass is 10.1. The first-order valence-electron chi connectivity index (χ1n) is 4.37. The normalized spacial score (nSPS) is 9.71. The van der Waals surface area contributed by atoms with E-state index in [1.807, 2.05) is 36.4 Å². The molecule has 14 heavy (non-hydrogen) atoms. The van der Waals surface area contributed by atoms with Gasteiger partial charge in [0, 0.05) is 11.8 Å². The number of carbonyl (C=O) groups excluding carboxylic acids is 1. The Kier molecular flexibility index (Phi) is 2.36. The van der Waals surface area contributed by atoms with E-state index in [0.29, 0.717) is 5.69 Å². The molecular formula is C12H9NO. The predicted molar refractivity (Wildman–Crippen MR) is 55.1 cm³/mol. The zero-order chi connectivity index (χ0) is 9.80. The second-order valence-electron chi connectivity index (χ2n) is 2.96. The topological polar surface area (TPSA) is 30.0 Å². The fraction of sp³-hybridized carbons (Fsp3) is 0. The first-order valence-corrected chi connectivity index (χ1v) is 4.37. The number of aromatic nitrogens is 1. The van der Waals surface area contributed by atoms with Crippen molar-refractivity contribution in [3.8, 4) is 11.1 Å². The number of hydrogen-bond acceptors (Lipinski definition) is 2. The van der Waals surface area contributed by atoms with Crippen LogP contribution in [0.25, 0.3) is 11.1 Å². The van der Waals surface area contributed by atoms with Gasteiger partial charge in [-0.2, -0.15) is 0 Å². The number of pyridine rings is 1. The number of rotatable bonds is 2. The summed E-state index contributed by atoms with van der Waals surface area (Å²) in [5.41, 5.74) is 2.60. The van der Waals surface area contributed by atoms with Gasteiger partial charge in [-0.05, 0) is 11.6 Å². The van der Waals surface area contributed by atoms with Gasteiger partial charge in [-0.3, -0.25) is 9.78 Å². The smallest absolute Gasteiger partial charge is 0.168 e. The fourth-order valence-corrected chi connectivity index (χ4v) is 1.28. The van der Waals surface area contributed by atoms with Crippen LogP contribution in [0.15, 0.2) is 48.7 Å². The van der Waals surface area contributed by atoms with Crippen LogP contribution in [-0.2, 0) is 0 Å². The molecule has 0 aliphatic heterocycles. The molecule has 0 radical (unpaired) electrons. The van der Waals surface area contributed by atoms with E-state index < -0.39 is 0 Å². The second kappa shape index (κ2) is 3.83. The highest BCUT2D eigenvalue weighted by Crippen LogP contribution is 2.16. The third-order valence-electron chi connectivity index (χ3n) is 2.01. The monoisotopic (exact) mass is 183 g/mol. The van der Waals surface area contributed by atoms with Gasteiger partial charge in [-0.1, -0.05) is 36.4 Å². The first-order chi connectivity index (χ1) is 6.90. The highest BCUT2D eigenvalue weighted by Gasteiger charge is 1.96. The zero-order valence-electron chi connectivity index (χ0n) is 7.55. The van der Waals surface area contributed by atoms with E-state index in [1.165, 1.54) is 0 Å². The lowest BCUT2D eigenvalue weighted by molar-refractivity contribution is 0.111. The van der Waals surface area contributed by atoms with E-state index in [9.17, 15) is 4.79 Å². The minimum atomic E-state index is 0.463. The maximum Gasteiger partial charge on any atom is 0.168 e. The van der Waals surface area contributed by atoms with E-state index in [2.05, 4.69) is 4.98 Å². The molecule has 68 valence electrons. The Hall–Kier alpha value is -1.96. The molecule has 0 saturated carbocycles. The van der Waals surface area contributed by atoms with Crippen LogP contribution < -0.4 is 0 Å². The van der Waals surface area contributed by atoms with Crippen LogP contribution in [0, 0.1) is 0 Å². The molecule has 0 amide bonds. The minimum Gasteiger partial charge on any atom is -0.296 e. The largest absolute Gasteiger partial charge is 0.296 e. The Labute approximate surface area is 82.2 Å². The molecule has 0 saturated heterocycles. The quantitative estimate of drug-likeness (QED) is 0.670. The summed E-state index contributed by atoms with van der Waals surface area (Å²) in [5.74, 6) is 0. The van der Waals surface area contributed by atoms with Crippen LogP contribution in [0.2, 0.25) is 0 Å². The lowest BCUT2D eigenvalue weighted by Gasteiger charge is -1.99. The van der Waals surface area contributed by atoms with Crippen LogP contribution in [0.4, 0.5) is 0 Å². The van der Waals surface area contributed by atoms with E-state index >= 15 is 0 Å². The molecule has 0 aliphatic carbocycles. The summed E-state index contributed by atoms with van der Waals surface area (Å²) >= 11 is 0. The van der Waals surface area contributed by atoms with Gasteiger partial charge in [0.2, 0.25) is 0 Å². The molecule has 2 rings (SSSR count). The summed E-state index contributed by atoms with van der Waals surface area (Å²) in [6.07, 6.45) is 2.45. The molecule has 0 unspecified atom stereocenters.